The standard InChI is InChI=1S/C21H20N2O5/c1-12-4-5-16(21(27)28)11-18(12)23-19(25)10-13(2)20(26)22-17-8-6-15(7-9-17)14(3)24/h4-11H,1-3H3,(H,22,26)(H,23,25)(H,27,28)/b13-10-. The van der Waals surface area contributed by atoms with Gasteiger partial charge < -0.3 is 15.7 Å². The van der Waals surface area contributed by atoms with E-state index in [-0.39, 0.29) is 16.9 Å². The lowest BCUT2D eigenvalue weighted by molar-refractivity contribution is -0.114. The fourth-order valence-electron chi connectivity index (χ4n) is 2.34. The Hall–Kier alpha value is -3.74. The largest absolute Gasteiger partial charge is 0.478 e. The van der Waals surface area contributed by atoms with Crippen molar-refractivity contribution in [1.82, 2.24) is 0 Å². The van der Waals surface area contributed by atoms with Crippen molar-refractivity contribution in [3.8, 4) is 0 Å². The zero-order valence-electron chi connectivity index (χ0n) is 15.7. The lowest BCUT2D eigenvalue weighted by Crippen LogP contribution is -2.16. The molecule has 0 aliphatic heterocycles. The number of carboxylic acids is 1. The molecule has 0 aliphatic rings. The van der Waals surface area contributed by atoms with Crippen molar-refractivity contribution in [2.75, 3.05) is 10.6 Å². The number of benzene rings is 2. The third kappa shape index (κ3) is 5.38. The Balaban J connectivity index is 2.06. The van der Waals surface area contributed by atoms with E-state index in [0.29, 0.717) is 22.5 Å². The molecular formula is C21H20N2O5. The van der Waals surface area contributed by atoms with E-state index in [1.54, 1.807) is 37.3 Å². The molecule has 0 bridgehead atoms. The Kier molecular flexibility index (Phi) is 6.44. The molecule has 7 nitrogen and oxygen atoms in total. The molecule has 0 spiro atoms. The third-order valence-electron chi connectivity index (χ3n) is 4.00. The zero-order valence-corrected chi connectivity index (χ0v) is 15.7. The predicted molar refractivity (Wildman–Crippen MR) is 106 cm³/mol. The van der Waals surface area contributed by atoms with Crippen LogP contribution in [0.25, 0.3) is 0 Å². The van der Waals surface area contributed by atoms with Gasteiger partial charge in [0.1, 0.15) is 0 Å². The van der Waals surface area contributed by atoms with E-state index in [1.165, 1.54) is 26.0 Å². The van der Waals surface area contributed by atoms with Crippen LogP contribution in [-0.4, -0.2) is 28.7 Å². The molecule has 144 valence electrons. The van der Waals surface area contributed by atoms with Gasteiger partial charge in [-0.3, -0.25) is 14.4 Å². The number of aromatic carboxylic acids is 1. The number of amides is 2. The number of carbonyl (C=O) groups excluding carboxylic acids is 3. The molecule has 3 N–H and O–H groups in total. The van der Waals surface area contributed by atoms with Crippen LogP contribution in [0, 0.1) is 6.92 Å². The molecule has 2 amide bonds. The highest BCUT2D eigenvalue weighted by molar-refractivity contribution is 6.10. The minimum absolute atomic E-state index is 0.0494. The van der Waals surface area contributed by atoms with Gasteiger partial charge in [-0.15, -0.1) is 0 Å². The molecule has 0 saturated heterocycles. The zero-order chi connectivity index (χ0) is 20.8. The van der Waals surface area contributed by atoms with Gasteiger partial charge in [-0.1, -0.05) is 6.07 Å². The van der Waals surface area contributed by atoms with Crippen LogP contribution < -0.4 is 10.6 Å². The van der Waals surface area contributed by atoms with E-state index in [4.69, 9.17) is 5.11 Å². The second-order valence-electron chi connectivity index (χ2n) is 6.24. The van der Waals surface area contributed by atoms with Gasteiger partial charge in [0.2, 0.25) is 5.91 Å². The highest BCUT2D eigenvalue weighted by Gasteiger charge is 2.11. The van der Waals surface area contributed by atoms with Gasteiger partial charge >= 0.3 is 5.97 Å². The molecule has 0 heterocycles. The average Bonchev–Trinajstić information content (AvgIpc) is 2.63. The van der Waals surface area contributed by atoms with Crippen LogP contribution in [0.4, 0.5) is 11.4 Å². The van der Waals surface area contributed by atoms with Gasteiger partial charge in [-0.25, -0.2) is 4.79 Å². The number of ketones is 1. The number of carboxylic acid groups (broad SMARTS) is 1. The first-order valence-corrected chi connectivity index (χ1v) is 8.43. The van der Waals surface area contributed by atoms with E-state index in [0.717, 1.165) is 6.08 Å². The number of hydrogen-bond acceptors (Lipinski definition) is 4. The number of rotatable bonds is 6. The predicted octanol–water partition coefficient (Wildman–Crippen LogP) is 3.42. The second kappa shape index (κ2) is 8.77. The van der Waals surface area contributed by atoms with Gasteiger partial charge in [-0.2, -0.15) is 0 Å². The van der Waals surface area contributed by atoms with Crippen molar-refractivity contribution in [1.29, 1.82) is 0 Å². The van der Waals surface area contributed by atoms with Crippen molar-refractivity contribution in [3.63, 3.8) is 0 Å². The molecule has 0 saturated carbocycles. The van der Waals surface area contributed by atoms with E-state index in [1.807, 2.05) is 0 Å². The van der Waals surface area contributed by atoms with Gasteiger partial charge in [0, 0.05) is 28.6 Å². The van der Waals surface area contributed by atoms with E-state index in [9.17, 15) is 19.2 Å². The summed E-state index contributed by atoms with van der Waals surface area (Å²) in [5.41, 5.74) is 2.29. The van der Waals surface area contributed by atoms with Crippen LogP contribution in [0.15, 0.2) is 54.1 Å². The molecule has 0 aromatic heterocycles. The van der Waals surface area contributed by atoms with Crippen molar-refractivity contribution in [3.05, 3.63) is 70.8 Å². The lowest BCUT2D eigenvalue weighted by atomic mass is 10.1. The number of carbonyl (C=O) groups is 4. The fourth-order valence-corrected chi connectivity index (χ4v) is 2.34. The molecule has 2 aromatic carbocycles. The van der Waals surface area contributed by atoms with Crippen molar-refractivity contribution >= 4 is 34.9 Å². The van der Waals surface area contributed by atoms with Gasteiger partial charge in [0.15, 0.2) is 5.78 Å². The lowest BCUT2D eigenvalue weighted by Gasteiger charge is -2.09. The number of nitrogens with one attached hydrogen (secondary N) is 2. The van der Waals surface area contributed by atoms with Crippen molar-refractivity contribution in [2.24, 2.45) is 0 Å². The number of hydrogen-bond donors (Lipinski definition) is 3. The summed E-state index contributed by atoms with van der Waals surface area (Å²) in [5, 5.41) is 14.3. The summed E-state index contributed by atoms with van der Waals surface area (Å²) in [6.07, 6.45) is 1.13. The summed E-state index contributed by atoms with van der Waals surface area (Å²) in [6, 6.07) is 10.8. The summed E-state index contributed by atoms with van der Waals surface area (Å²) in [4.78, 5) is 46.7. The summed E-state index contributed by atoms with van der Waals surface area (Å²) in [5.74, 6) is -2.20. The summed E-state index contributed by atoms with van der Waals surface area (Å²) in [7, 11) is 0. The third-order valence-corrected chi connectivity index (χ3v) is 4.00. The van der Waals surface area contributed by atoms with Crippen LogP contribution in [0.2, 0.25) is 0 Å². The highest BCUT2D eigenvalue weighted by Crippen LogP contribution is 2.17. The number of anilines is 2. The molecule has 0 unspecified atom stereocenters. The summed E-state index contributed by atoms with van der Waals surface area (Å²) in [6.45, 7) is 4.67. The van der Waals surface area contributed by atoms with Crippen molar-refractivity contribution < 1.29 is 24.3 Å². The van der Waals surface area contributed by atoms with Crippen LogP contribution in [0.5, 0.6) is 0 Å². The Morgan fingerprint density at radius 1 is 0.893 bits per heavy atom. The van der Waals surface area contributed by atoms with Gasteiger partial charge in [0.25, 0.3) is 5.91 Å². The molecule has 0 fully saturated rings. The quantitative estimate of drug-likeness (QED) is 0.525. The maximum absolute atomic E-state index is 12.2. The Morgan fingerprint density at radius 3 is 2.07 bits per heavy atom. The van der Waals surface area contributed by atoms with Crippen molar-refractivity contribution in [2.45, 2.75) is 20.8 Å². The minimum Gasteiger partial charge on any atom is -0.478 e. The Bertz CT molecular complexity index is 975. The molecule has 2 rings (SSSR count). The first kappa shape index (κ1) is 20.6. The maximum atomic E-state index is 12.2. The van der Waals surface area contributed by atoms with Crippen LogP contribution in [0.3, 0.4) is 0 Å². The van der Waals surface area contributed by atoms with Crippen LogP contribution >= 0.6 is 0 Å². The first-order chi connectivity index (χ1) is 13.2. The summed E-state index contributed by atoms with van der Waals surface area (Å²) >= 11 is 0. The fraction of sp³-hybridized carbons (Fsp3) is 0.143. The second-order valence-corrected chi connectivity index (χ2v) is 6.24. The Morgan fingerprint density at radius 2 is 1.50 bits per heavy atom. The van der Waals surface area contributed by atoms with Crippen LogP contribution in [0.1, 0.15) is 40.1 Å². The van der Waals surface area contributed by atoms with Crippen LogP contribution in [-0.2, 0) is 9.59 Å². The molecule has 0 atom stereocenters. The summed E-state index contributed by atoms with van der Waals surface area (Å²) < 4.78 is 0. The average molecular weight is 380 g/mol. The topological polar surface area (TPSA) is 113 Å². The monoisotopic (exact) mass is 380 g/mol. The van der Waals surface area contributed by atoms with E-state index >= 15 is 0 Å². The smallest absolute Gasteiger partial charge is 0.335 e. The SMILES string of the molecule is CC(=O)c1ccc(NC(=O)/C(C)=C\C(=O)Nc2cc(C(=O)O)ccc2C)cc1. The molecular weight excluding hydrogens is 360 g/mol. The number of Topliss-reactive ketones (excluding diaryl/α,β-unsaturated/α-hetero) is 1. The normalized spacial score (nSPS) is 10.9. The van der Waals surface area contributed by atoms with Gasteiger partial charge in [0.05, 0.1) is 5.56 Å². The molecule has 7 heteroatoms. The first-order valence-electron chi connectivity index (χ1n) is 8.43. The van der Waals surface area contributed by atoms with E-state index < -0.39 is 17.8 Å². The van der Waals surface area contributed by atoms with E-state index in [2.05, 4.69) is 10.6 Å². The minimum atomic E-state index is -1.10. The van der Waals surface area contributed by atoms with Gasteiger partial charge in [-0.05, 0) is 62.7 Å². The highest BCUT2D eigenvalue weighted by atomic mass is 16.4. The molecule has 0 aliphatic carbocycles. The number of aryl methyl sites for hydroxylation is 1. The Labute approximate surface area is 162 Å². The maximum Gasteiger partial charge on any atom is 0.335 e. The molecule has 28 heavy (non-hydrogen) atoms. The molecule has 2 aromatic rings. The molecule has 0 radical (unpaired) electrons.